The number of nitrogens with one attached hydrogen (secondary N) is 1. The molecule has 1 aromatic rings. The van der Waals surface area contributed by atoms with Crippen LogP contribution in [0.1, 0.15) is 32.3 Å². The van der Waals surface area contributed by atoms with Crippen LogP contribution in [0.5, 0.6) is 0 Å². The molecule has 4 nitrogen and oxygen atoms in total. The third-order valence-corrected chi connectivity index (χ3v) is 3.49. The van der Waals surface area contributed by atoms with Crippen LogP contribution in [-0.2, 0) is 11.3 Å². The standard InChI is InChI=1S/C15H25N3O/c1-3-16-10-13-7-8-15(17-11-13)18-9-5-6-14(12-18)19-4-2/h7-8,11,14,16H,3-6,9-10,12H2,1-2H3. The quantitative estimate of drug-likeness (QED) is 0.854. The van der Waals surface area contributed by atoms with E-state index in [1.54, 1.807) is 0 Å². The molecule has 1 atom stereocenters. The van der Waals surface area contributed by atoms with Gasteiger partial charge in [-0.05, 0) is 37.9 Å². The lowest BCUT2D eigenvalue weighted by atomic mass is 10.1. The van der Waals surface area contributed by atoms with E-state index in [1.165, 1.54) is 18.4 Å². The van der Waals surface area contributed by atoms with E-state index < -0.39 is 0 Å². The number of nitrogens with zero attached hydrogens (tertiary/aromatic N) is 2. The number of hydrogen-bond donors (Lipinski definition) is 1. The predicted octanol–water partition coefficient (Wildman–Crippen LogP) is 2.20. The molecule has 106 valence electrons. The Balaban J connectivity index is 1.93. The van der Waals surface area contributed by atoms with Crippen molar-refractivity contribution in [2.24, 2.45) is 0 Å². The van der Waals surface area contributed by atoms with Gasteiger partial charge in [-0.25, -0.2) is 4.98 Å². The molecule has 1 aliphatic heterocycles. The molecular formula is C15H25N3O. The summed E-state index contributed by atoms with van der Waals surface area (Å²) in [5, 5.41) is 3.31. The van der Waals surface area contributed by atoms with E-state index in [0.717, 1.165) is 38.6 Å². The summed E-state index contributed by atoms with van der Waals surface area (Å²) in [5.41, 5.74) is 1.24. The summed E-state index contributed by atoms with van der Waals surface area (Å²) in [4.78, 5) is 6.91. The van der Waals surface area contributed by atoms with Gasteiger partial charge in [0.1, 0.15) is 5.82 Å². The molecule has 4 heteroatoms. The second kappa shape index (κ2) is 7.46. The van der Waals surface area contributed by atoms with Gasteiger partial charge in [-0.1, -0.05) is 13.0 Å². The Morgan fingerprint density at radius 2 is 2.32 bits per heavy atom. The van der Waals surface area contributed by atoms with E-state index >= 15 is 0 Å². The molecular weight excluding hydrogens is 238 g/mol. The molecule has 2 heterocycles. The van der Waals surface area contributed by atoms with E-state index in [9.17, 15) is 0 Å². The van der Waals surface area contributed by atoms with Crippen molar-refractivity contribution in [3.8, 4) is 0 Å². The Morgan fingerprint density at radius 1 is 1.42 bits per heavy atom. The summed E-state index contributed by atoms with van der Waals surface area (Å²) in [6.45, 7) is 8.91. The lowest BCUT2D eigenvalue weighted by molar-refractivity contribution is 0.0525. The van der Waals surface area contributed by atoms with Crippen molar-refractivity contribution >= 4 is 5.82 Å². The smallest absolute Gasteiger partial charge is 0.128 e. The van der Waals surface area contributed by atoms with Gasteiger partial charge in [0.2, 0.25) is 0 Å². The molecule has 1 unspecified atom stereocenters. The largest absolute Gasteiger partial charge is 0.377 e. The first-order chi connectivity index (χ1) is 9.33. The minimum absolute atomic E-state index is 0.363. The van der Waals surface area contributed by atoms with Crippen LogP contribution in [0.2, 0.25) is 0 Å². The monoisotopic (exact) mass is 263 g/mol. The number of piperidine rings is 1. The van der Waals surface area contributed by atoms with E-state index in [4.69, 9.17) is 4.74 Å². The molecule has 0 bridgehead atoms. The van der Waals surface area contributed by atoms with E-state index in [0.29, 0.717) is 6.10 Å². The van der Waals surface area contributed by atoms with Gasteiger partial charge < -0.3 is 15.0 Å². The van der Waals surface area contributed by atoms with Crippen molar-refractivity contribution in [1.82, 2.24) is 10.3 Å². The highest BCUT2D eigenvalue weighted by Gasteiger charge is 2.20. The molecule has 1 N–H and O–H groups in total. The third-order valence-electron chi connectivity index (χ3n) is 3.49. The van der Waals surface area contributed by atoms with Gasteiger partial charge >= 0.3 is 0 Å². The summed E-state index contributed by atoms with van der Waals surface area (Å²) in [5.74, 6) is 1.07. The molecule has 1 saturated heterocycles. The van der Waals surface area contributed by atoms with Crippen LogP contribution in [0.25, 0.3) is 0 Å². The molecule has 19 heavy (non-hydrogen) atoms. The van der Waals surface area contributed by atoms with Crippen molar-refractivity contribution in [3.63, 3.8) is 0 Å². The van der Waals surface area contributed by atoms with Gasteiger partial charge in [-0.2, -0.15) is 0 Å². The molecule has 1 fully saturated rings. The van der Waals surface area contributed by atoms with Crippen molar-refractivity contribution in [2.75, 3.05) is 31.1 Å². The lowest BCUT2D eigenvalue weighted by Crippen LogP contribution is -2.40. The van der Waals surface area contributed by atoms with Gasteiger partial charge in [-0.15, -0.1) is 0 Å². The van der Waals surface area contributed by atoms with Crippen LogP contribution >= 0.6 is 0 Å². The fraction of sp³-hybridized carbons (Fsp3) is 0.667. The van der Waals surface area contributed by atoms with E-state index in [1.807, 2.05) is 6.20 Å². The van der Waals surface area contributed by atoms with Gasteiger partial charge in [0.25, 0.3) is 0 Å². The van der Waals surface area contributed by atoms with E-state index in [2.05, 4.69) is 41.2 Å². The minimum atomic E-state index is 0.363. The second-order valence-electron chi connectivity index (χ2n) is 4.97. The summed E-state index contributed by atoms with van der Waals surface area (Å²) in [6.07, 6.45) is 4.69. The van der Waals surface area contributed by atoms with Crippen molar-refractivity contribution in [1.29, 1.82) is 0 Å². The average Bonchev–Trinajstić information content (AvgIpc) is 2.46. The van der Waals surface area contributed by atoms with E-state index in [-0.39, 0.29) is 0 Å². The number of hydrogen-bond acceptors (Lipinski definition) is 4. The zero-order valence-electron chi connectivity index (χ0n) is 12.1. The second-order valence-corrected chi connectivity index (χ2v) is 4.97. The number of pyridine rings is 1. The summed E-state index contributed by atoms with van der Waals surface area (Å²) in [7, 11) is 0. The van der Waals surface area contributed by atoms with Crippen molar-refractivity contribution in [2.45, 2.75) is 39.3 Å². The molecule has 0 spiro atoms. The Bertz CT molecular complexity index is 364. The molecule has 1 aromatic heterocycles. The van der Waals surface area contributed by atoms with Gasteiger partial charge in [0.15, 0.2) is 0 Å². The first-order valence-electron chi connectivity index (χ1n) is 7.35. The molecule has 1 aliphatic rings. The zero-order valence-corrected chi connectivity index (χ0v) is 12.1. The Labute approximate surface area is 116 Å². The molecule has 0 amide bonds. The zero-order chi connectivity index (χ0) is 13.5. The average molecular weight is 263 g/mol. The highest BCUT2D eigenvalue weighted by molar-refractivity contribution is 5.40. The third kappa shape index (κ3) is 4.18. The van der Waals surface area contributed by atoms with Gasteiger partial charge in [-0.3, -0.25) is 0 Å². The number of rotatable bonds is 6. The van der Waals surface area contributed by atoms with Gasteiger partial charge in [0, 0.05) is 32.4 Å². The van der Waals surface area contributed by atoms with Crippen LogP contribution in [0.3, 0.4) is 0 Å². The van der Waals surface area contributed by atoms with Crippen LogP contribution < -0.4 is 10.2 Å². The number of aromatic nitrogens is 1. The Morgan fingerprint density at radius 3 is 3.00 bits per heavy atom. The topological polar surface area (TPSA) is 37.4 Å². The SMILES string of the molecule is CCNCc1ccc(N2CCCC(OCC)C2)nc1. The minimum Gasteiger partial charge on any atom is -0.377 e. The first-order valence-corrected chi connectivity index (χ1v) is 7.35. The number of anilines is 1. The van der Waals surface area contributed by atoms with Crippen LogP contribution in [0.15, 0.2) is 18.3 Å². The maximum Gasteiger partial charge on any atom is 0.128 e. The van der Waals surface area contributed by atoms with Crippen molar-refractivity contribution in [3.05, 3.63) is 23.9 Å². The maximum atomic E-state index is 5.73. The number of ether oxygens (including phenoxy) is 1. The maximum absolute atomic E-state index is 5.73. The van der Waals surface area contributed by atoms with Crippen LogP contribution in [0, 0.1) is 0 Å². The highest BCUT2D eigenvalue weighted by Crippen LogP contribution is 2.19. The van der Waals surface area contributed by atoms with Crippen LogP contribution in [0.4, 0.5) is 5.82 Å². The fourth-order valence-electron chi connectivity index (χ4n) is 2.50. The summed E-state index contributed by atoms with van der Waals surface area (Å²) < 4.78 is 5.73. The summed E-state index contributed by atoms with van der Waals surface area (Å²) in [6, 6.07) is 4.29. The lowest BCUT2D eigenvalue weighted by Gasteiger charge is -2.33. The summed E-state index contributed by atoms with van der Waals surface area (Å²) >= 11 is 0. The Hall–Kier alpha value is -1.13. The highest BCUT2D eigenvalue weighted by atomic mass is 16.5. The normalized spacial score (nSPS) is 19.7. The fourth-order valence-corrected chi connectivity index (χ4v) is 2.50. The first kappa shape index (κ1) is 14.3. The molecule has 2 rings (SSSR count). The van der Waals surface area contributed by atoms with Crippen LogP contribution in [-0.4, -0.2) is 37.3 Å². The predicted molar refractivity (Wildman–Crippen MR) is 78.5 cm³/mol. The molecule has 0 aliphatic carbocycles. The van der Waals surface area contributed by atoms with Gasteiger partial charge in [0.05, 0.1) is 6.10 Å². The van der Waals surface area contributed by atoms with Crippen molar-refractivity contribution < 1.29 is 4.74 Å². The molecule has 0 saturated carbocycles. The molecule has 0 aromatic carbocycles. The Kier molecular flexibility index (Phi) is 5.61. The molecule has 0 radical (unpaired) electrons.